The summed E-state index contributed by atoms with van der Waals surface area (Å²) in [6.45, 7) is 4.11. The minimum Gasteiger partial charge on any atom is -0.348 e. The van der Waals surface area contributed by atoms with Gasteiger partial charge in [-0.3, -0.25) is 14.9 Å². The van der Waals surface area contributed by atoms with Gasteiger partial charge in [0.05, 0.1) is 4.92 Å². The maximum atomic E-state index is 12.1. The predicted octanol–water partition coefficient (Wildman–Crippen LogP) is 1.76. The molecule has 0 fully saturated rings. The van der Waals surface area contributed by atoms with Gasteiger partial charge in [0, 0.05) is 30.3 Å². The Morgan fingerprint density at radius 3 is 2.74 bits per heavy atom. The fourth-order valence-corrected chi connectivity index (χ4v) is 1.83. The molecule has 6 nitrogen and oxygen atoms in total. The first-order chi connectivity index (χ1) is 8.99. The molecule has 1 aromatic rings. The monoisotopic (exact) mass is 265 g/mol. The largest absolute Gasteiger partial charge is 0.348 e. The molecule has 0 radical (unpaired) electrons. The predicted molar refractivity (Wildman–Crippen MR) is 73.1 cm³/mol. The molecule has 104 valence electrons. The molecule has 0 heterocycles. The molecule has 1 aromatic carbocycles. The summed E-state index contributed by atoms with van der Waals surface area (Å²) in [5, 5.41) is 13.5. The van der Waals surface area contributed by atoms with E-state index in [1.54, 1.807) is 13.0 Å². The van der Waals surface area contributed by atoms with Crippen LogP contribution in [-0.2, 0) is 0 Å². The molecule has 0 aliphatic rings. The van der Waals surface area contributed by atoms with Gasteiger partial charge in [0.2, 0.25) is 0 Å². The van der Waals surface area contributed by atoms with Crippen LogP contribution in [0.2, 0.25) is 0 Å². The van der Waals surface area contributed by atoms with Crippen molar-refractivity contribution in [2.45, 2.75) is 32.7 Å². The van der Waals surface area contributed by atoms with Gasteiger partial charge < -0.3 is 11.1 Å². The summed E-state index contributed by atoms with van der Waals surface area (Å²) < 4.78 is 0. The molecule has 1 rings (SSSR count). The molecular formula is C13H19N3O3. The van der Waals surface area contributed by atoms with Crippen LogP contribution in [0.4, 0.5) is 5.69 Å². The third-order valence-electron chi connectivity index (χ3n) is 2.93. The van der Waals surface area contributed by atoms with Crippen LogP contribution in [0, 0.1) is 17.0 Å². The van der Waals surface area contributed by atoms with Crippen molar-refractivity contribution in [3.8, 4) is 0 Å². The zero-order chi connectivity index (χ0) is 14.4. The molecule has 0 aromatic heterocycles. The number of nitrogens with one attached hydrogen (secondary N) is 1. The zero-order valence-corrected chi connectivity index (χ0v) is 11.2. The summed E-state index contributed by atoms with van der Waals surface area (Å²) in [5.41, 5.74) is 6.52. The highest BCUT2D eigenvalue weighted by Crippen LogP contribution is 2.17. The third-order valence-corrected chi connectivity index (χ3v) is 2.93. The second-order valence-corrected chi connectivity index (χ2v) is 4.45. The maximum Gasteiger partial charge on any atom is 0.270 e. The molecule has 0 bridgehead atoms. The number of carbonyl (C=O) groups excluding carboxylic acids is 1. The third kappa shape index (κ3) is 4.03. The van der Waals surface area contributed by atoms with Crippen molar-refractivity contribution in [2.75, 3.05) is 6.54 Å². The summed E-state index contributed by atoms with van der Waals surface area (Å²) in [4.78, 5) is 22.3. The van der Waals surface area contributed by atoms with Gasteiger partial charge in [0.15, 0.2) is 0 Å². The lowest BCUT2D eigenvalue weighted by Crippen LogP contribution is -2.40. The summed E-state index contributed by atoms with van der Waals surface area (Å²) in [5.74, 6) is -0.315. The van der Waals surface area contributed by atoms with E-state index in [9.17, 15) is 14.9 Å². The topological polar surface area (TPSA) is 98.3 Å². The maximum absolute atomic E-state index is 12.1. The van der Waals surface area contributed by atoms with Crippen LogP contribution < -0.4 is 11.1 Å². The zero-order valence-electron chi connectivity index (χ0n) is 11.2. The van der Waals surface area contributed by atoms with Gasteiger partial charge in [0.1, 0.15) is 0 Å². The summed E-state index contributed by atoms with van der Waals surface area (Å²) >= 11 is 0. The average molecular weight is 265 g/mol. The highest BCUT2D eigenvalue weighted by atomic mass is 16.6. The Labute approximate surface area is 112 Å². The SMILES string of the molecule is CCCC(CN)NC(=O)c1cc([N+](=O)[O-])ccc1C. The normalized spacial score (nSPS) is 11.9. The number of rotatable bonds is 6. The highest BCUT2D eigenvalue weighted by Gasteiger charge is 2.17. The van der Waals surface area contributed by atoms with Crippen molar-refractivity contribution in [3.05, 3.63) is 39.4 Å². The Kier molecular flexibility index (Phi) is 5.44. The van der Waals surface area contributed by atoms with Gasteiger partial charge >= 0.3 is 0 Å². The molecule has 0 saturated heterocycles. The summed E-state index contributed by atoms with van der Waals surface area (Å²) in [7, 11) is 0. The van der Waals surface area contributed by atoms with Crippen molar-refractivity contribution in [1.29, 1.82) is 0 Å². The molecule has 0 spiro atoms. The van der Waals surface area contributed by atoms with Gasteiger partial charge in [-0.2, -0.15) is 0 Å². The molecule has 1 amide bonds. The van der Waals surface area contributed by atoms with E-state index in [2.05, 4.69) is 5.32 Å². The van der Waals surface area contributed by atoms with E-state index in [1.807, 2.05) is 6.92 Å². The fourth-order valence-electron chi connectivity index (χ4n) is 1.83. The standard InChI is InChI=1S/C13H19N3O3/c1-3-4-10(8-14)15-13(17)12-7-11(16(18)19)6-5-9(12)2/h5-7,10H,3-4,8,14H2,1-2H3,(H,15,17). The molecule has 0 aliphatic carbocycles. The fraction of sp³-hybridized carbons (Fsp3) is 0.462. The molecule has 0 saturated carbocycles. The average Bonchev–Trinajstić information content (AvgIpc) is 2.38. The van der Waals surface area contributed by atoms with Gasteiger partial charge in [0.25, 0.3) is 11.6 Å². The summed E-state index contributed by atoms with van der Waals surface area (Å²) in [6, 6.07) is 4.16. The van der Waals surface area contributed by atoms with Crippen LogP contribution in [0.3, 0.4) is 0 Å². The number of non-ortho nitro benzene ring substituents is 1. The Morgan fingerprint density at radius 2 is 2.21 bits per heavy atom. The van der Waals surface area contributed by atoms with E-state index in [4.69, 9.17) is 5.73 Å². The second kappa shape index (κ2) is 6.84. The number of nitro groups is 1. The van der Waals surface area contributed by atoms with E-state index in [1.165, 1.54) is 12.1 Å². The number of nitrogens with zero attached hydrogens (tertiary/aromatic N) is 1. The van der Waals surface area contributed by atoms with Crippen LogP contribution >= 0.6 is 0 Å². The second-order valence-electron chi connectivity index (χ2n) is 4.45. The van der Waals surface area contributed by atoms with E-state index < -0.39 is 4.92 Å². The Bertz CT molecular complexity index is 474. The number of hydrogen-bond acceptors (Lipinski definition) is 4. The molecule has 19 heavy (non-hydrogen) atoms. The van der Waals surface area contributed by atoms with E-state index in [0.717, 1.165) is 12.8 Å². The van der Waals surface area contributed by atoms with Crippen LogP contribution in [0.5, 0.6) is 0 Å². The molecule has 0 aliphatic heterocycles. The van der Waals surface area contributed by atoms with Crippen LogP contribution in [0.1, 0.15) is 35.7 Å². The Morgan fingerprint density at radius 1 is 1.53 bits per heavy atom. The minimum absolute atomic E-state index is 0.0875. The Hall–Kier alpha value is -1.95. The molecule has 1 atom stereocenters. The first-order valence-electron chi connectivity index (χ1n) is 6.25. The summed E-state index contributed by atoms with van der Waals surface area (Å²) in [6.07, 6.45) is 1.70. The number of nitro benzene ring substituents is 1. The first-order valence-corrected chi connectivity index (χ1v) is 6.25. The Balaban J connectivity index is 2.92. The molecule has 3 N–H and O–H groups in total. The van der Waals surface area contributed by atoms with Crippen LogP contribution in [0.15, 0.2) is 18.2 Å². The van der Waals surface area contributed by atoms with Crippen molar-refractivity contribution in [2.24, 2.45) is 5.73 Å². The van der Waals surface area contributed by atoms with Crippen LogP contribution in [0.25, 0.3) is 0 Å². The van der Waals surface area contributed by atoms with E-state index in [-0.39, 0.29) is 17.6 Å². The number of carbonyl (C=O) groups is 1. The number of benzene rings is 1. The lowest BCUT2D eigenvalue weighted by atomic mass is 10.1. The number of nitrogens with two attached hydrogens (primary N) is 1. The highest BCUT2D eigenvalue weighted by molar-refractivity contribution is 5.96. The lowest BCUT2D eigenvalue weighted by molar-refractivity contribution is -0.384. The number of amides is 1. The van der Waals surface area contributed by atoms with Gasteiger partial charge in [-0.1, -0.05) is 19.4 Å². The number of hydrogen-bond donors (Lipinski definition) is 2. The molecule has 1 unspecified atom stereocenters. The quantitative estimate of drug-likeness (QED) is 0.604. The van der Waals surface area contributed by atoms with Gasteiger partial charge in [-0.15, -0.1) is 0 Å². The van der Waals surface area contributed by atoms with Crippen LogP contribution in [-0.4, -0.2) is 23.4 Å². The smallest absolute Gasteiger partial charge is 0.270 e. The van der Waals surface area contributed by atoms with Gasteiger partial charge in [-0.05, 0) is 18.9 Å². The lowest BCUT2D eigenvalue weighted by Gasteiger charge is -2.16. The number of aryl methyl sites for hydroxylation is 1. The van der Waals surface area contributed by atoms with Crippen molar-refractivity contribution in [1.82, 2.24) is 5.32 Å². The molecular weight excluding hydrogens is 246 g/mol. The minimum atomic E-state index is -0.511. The van der Waals surface area contributed by atoms with Crippen molar-refractivity contribution < 1.29 is 9.72 Å². The van der Waals surface area contributed by atoms with Gasteiger partial charge in [-0.25, -0.2) is 0 Å². The first kappa shape index (κ1) is 15.1. The van der Waals surface area contributed by atoms with E-state index >= 15 is 0 Å². The van der Waals surface area contributed by atoms with E-state index in [0.29, 0.717) is 17.7 Å². The van der Waals surface area contributed by atoms with Crippen molar-refractivity contribution in [3.63, 3.8) is 0 Å². The molecule has 6 heteroatoms. The van der Waals surface area contributed by atoms with Crippen molar-refractivity contribution >= 4 is 11.6 Å².